The maximum atomic E-state index is 12.4. The number of ketones is 2. The molecule has 175 valence electrons. The molecule has 0 aromatic carbocycles. The lowest BCUT2D eigenvalue weighted by Crippen LogP contribution is -2.11. The number of thioether (sulfide) groups is 1. The first-order valence-electron chi connectivity index (χ1n) is 11.7. The highest BCUT2D eigenvalue weighted by atomic mass is 32.2. The SMILES string of the molecule is O=C(O)CCCCSCCCCCCCCCC(=O)c1ccc(CC(=O)[C]2[CH][CH][CH][CH]2)s1. The molecule has 0 atom stereocenters. The molecule has 4 nitrogen and oxygen atoms in total. The highest BCUT2D eigenvalue weighted by Crippen LogP contribution is 2.27. The number of carbonyl (C=O) groups is 3. The number of thiophene rings is 1. The van der Waals surface area contributed by atoms with Gasteiger partial charge in [-0.2, -0.15) is 11.8 Å². The summed E-state index contributed by atoms with van der Waals surface area (Å²) in [6.45, 7) is 0. The monoisotopic (exact) mass is 475 g/mol. The average molecular weight is 476 g/mol. The Kier molecular flexibility index (Phi) is 14.0. The van der Waals surface area contributed by atoms with Gasteiger partial charge in [-0.25, -0.2) is 0 Å². The van der Waals surface area contributed by atoms with Gasteiger partial charge in [-0.15, -0.1) is 11.3 Å². The minimum Gasteiger partial charge on any atom is -0.481 e. The molecule has 1 heterocycles. The predicted octanol–water partition coefficient (Wildman–Crippen LogP) is 6.56. The summed E-state index contributed by atoms with van der Waals surface area (Å²) in [6, 6.07) is 3.78. The van der Waals surface area contributed by atoms with E-state index in [2.05, 4.69) is 0 Å². The largest absolute Gasteiger partial charge is 0.481 e. The molecule has 1 aliphatic carbocycles. The van der Waals surface area contributed by atoms with Gasteiger partial charge in [-0.1, -0.05) is 32.1 Å². The standard InChI is InChI=1S/C26H35O4S2/c27-23(25-17-16-22(32-25)20-24(28)21-12-7-8-13-21)14-6-4-2-1-3-5-10-18-31-19-11-9-15-26(29)30/h7-8,12-13,16-17H,1-6,9-11,14-15,18-20H2,(H,29,30). The molecule has 0 spiro atoms. The van der Waals surface area contributed by atoms with E-state index in [1.807, 2.05) is 49.6 Å². The third-order valence-electron chi connectivity index (χ3n) is 5.38. The van der Waals surface area contributed by atoms with E-state index < -0.39 is 5.97 Å². The van der Waals surface area contributed by atoms with Gasteiger partial charge in [0.2, 0.25) is 0 Å². The van der Waals surface area contributed by atoms with Gasteiger partial charge in [0.15, 0.2) is 5.78 Å². The van der Waals surface area contributed by atoms with Gasteiger partial charge in [-0.3, -0.25) is 14.4 Å². The molecule has 32 heavy (non-hydrogen) atoms. The molecule has 5 radical (unpaired) electrons. The fourth-order valence-electron chi connectivity index (χ4n) is 3.52. The summed E-state index contributed by atoms with van der Waals surface area (Å²) >= 11 is 3.39. The molecule has 1 N–H and O–H groups in total. The van der Waals surface area contributed by atoms with Crippen molar-refractivity contribution in [1.29, 1.82) is 0 Å². The Morgan fingerprint density at radius 1 is 0.750 bits per heavy atom. The summed E-state index contributed by atoms with van der Waals surface area (Å²) in [5, 5.41) is 8.59. The quantitative estimate of drug-likeness (QED) is 0.181. The molecular formula is C26H35O4S2. The number of unbranched alkanes of at least 4 members (excludes halogenated alkanes) is 7. The number of carbonyl (C=O) groups excluding carboxylic acids is 2. The second kappa shape index (κ2) is 16.5. The van der Waals surface area contributed by atoms with Gasteiger partial charge in [0.1, 0.15) is 5.78 Å². The number of hydrogen-bond acceptors (Lipinski definition) is 5. The number of carboxylic acid groups (broad SMARTS) is 1. The van der Waals surface area contributed by atoms with Crippen molar-refractivity contribution in [1.82, 2.24) is 0 Å². The maximum Gasteiger partial charge on any atom is 0.303 e. The summed E-state index contributed by atoms with van der Waals surface area (Å²) < 4.78 is 0. The Balaban J connectivity index is 1.42. The van der Waals surface area contributed by atoms with Crippen molar-refractivity contribution < 1.29 is 19.5 Å². The van der Waals surface area contributed by atoms with E-state index in [9.17, 15) is 14.4 Å². The molecule has 0 saturated heterocycles. The molecule has 1 saturated carbocycles. The van der Waals surface area contributed by atoms with E-state index in [-0.39, 0.29) is 18.0 Å². The minimum atomic E-state index is -0.696. The van der Waals surface area contributed by atoms with Crippen molar-refractivity contribution in [2.45, 2.75) is 77.0 Å². The zero-order valence-electron chi connectivity index (χ0n) is 18.9. The number of aliphatic carboxylic acids is 1. The first-order chi connectivity index (χ1) is 15.6. The van der Waals surface area contributed by atoms with E-state index in [1.165, 1.54) is 49.2 Å². The van der Waals surface area contributed by atoms with Crippen LogP contribution >= 0.6 is 23.1 Å². The van der Waals surface area contributed by atoms with Crippen LogP contribution in [-0.4, -0.2) is 34.1 Å². The van der Waals surface area contributed by atoms with E-state index in [4.69, 9.17) is 5.11 Å². The molecule has 1 aromatic rings. The van der Waals surface area contributed by atoms with Crippen LogP contribution in [0.4, 0.5) is 0 Å². The van der Waals surface area contributed by atoms with Crippen LogP contribution < -0.4 is 0 Å². The van der Waals surface area contributed by atoms with Crippen LogP contribution in [0.15, 0.2) is 12.1 Å². The molecule has 0 amide bonds. The molecule has 1 aliphatic rings. The van der Waals surface area contributed by atoms with Crippen LogP contribution in [0.1, 0.15) is 85.2 Å². The number of carboxylic acids is 1. The highest BCUT2D eigenvalue weighted by molar-refractivity contribution is 7.99. The van der Waals surface area contributed by atoms with Gasteiger partial charge in [0.05, 0.1) is 4.88 Å². The Morgan fingerprint density at radius 2 is 1.34 bits per heavy atom. The van der Waals surface area contributed by atoms with E-state index in [1.54, 1.807) is 0 Å². The Labute approximate surface area is 201 Å². The molecule has 0 aliphatic heterocycles. The second-order valence-corrected chi connectivity index (χ2v) is 10.5. The summed E-state index contributed by atoms with van der Waals surface area (Å²) in [6.07, 6.45) is 18.6. The molecule has 6 heteroatoms. The van der Waals surface area contributed by atoms with E-state index in [0.29, 0.717) is 12.8 Å². The molecule has 1 aromatic heterocycles. The van der Waals surface area contributed by atoms with Crippen molar-refractivity contribution >= 4 is 40.6 Å². The lowest BCUT2D eigenvalue weighted by Gasteiger charge is -2.04. The van der Waals surface area contributed by atoms with E-state index in [0.717, 1.165) is 47.1 Å². The molecule has 2 rings (SSSR count). The van der Waals surface area contributed by atoms with Gasteiger partial charge in [-0.05, 0) is 75.0 Å². The van der Waals surface area contributed by atoms with Gasteiger partial charge >= 0.3 is 5.97 Å². The molecule has 0 bridgehead atoms. The smallest absolute Gasteiger partial charge is 0.303 e. The first-order valence-corrected chi connectivity index (χ1v) is 13.7. The van der Waals surface area contributed by atoms with Gasteiger partial charge in [0.25, 0.3) is 0 Å². The lowest BCUT2D eigenvalue weighted by molar-refractivity contribution is -0.137. The van der Waals surface area contributed by atoms with Crippen molar-refractivity contribution in [2.75, 3.05) is 11.5 Å². The molecule has 0 unspecified atom stereocenters. The third kappa shape index (κ3) is 11.6. The second-order valence-electron chi connectivity index (χ2n) is 8.15. The number of Topliss-reactive ketones (excluding diaryl/α,β-unsaturated/α-hetero) is 2. The van der Waals surface area contributed by atoms with Gasteiger partial charge < -0.3 is 5.11 Å². The summed E-state index contributed by atoms with van der Waals surface area (Å²) in [7, 11) is 0. The van der Waals surface area contributed by atoms with E-state index >= 15 is 0 Å². The van der Waals surface area contributed by atoms with Crippen molar-refractivity contribution in [3.8, 4) is 0 Å². The lowest BCUT2D eigenvalue weighted by atomic mass is 10.00. The van der Waals surface area contributed by atoms with Crippen molar-refractivity contribution in [3.05, 3.63) is 53.5 Å². The summed E-state index contributed by atoms with van der Waals surface area (Å²) in [5.74, 6) is 2.57. The third-order valence-corrected chi connectivity index (χ3v) is 7.66. The minimum absolute atomic E-state index is 0.102. The normalized spacial score (nSPS) is 14.1. The van der Waals surface area contributed by atoms with Crippen molar-refractivity contribution in [2.24, 2.45) is 0 Å². The Hall–Kier alpha value is -1.14. The van der Waals surface area contributed by atoms with Crippen LogP contribution in [0, 0.1) is 31.6 Å². The molecule has 1 fully saturated rings. The maximum absolute atomic E-state index is 12.4. The zero-order valence-corrected chi connectivity index (χ0v) is 20.5. The molecular weight excluding hydrogens is 440 g/mol. The Bertz CT molecular complexity index is 692. The predicted molar refractivity (Wildman–Crippen MR) is 134 cm³/mol. The van der Waals surface area contributed by atoms with Crippen LogP contribution in [-0.2, 0) is 16.0 Å². The number of hydrogen-bond donors (Lipinski definition) is 1. The van der Waals surface area contributed by atoms with Gasteiger partial charge in [0, 0.05) is 30.1 Å². The fraction of sp³-hybridized carbons (Fsp3) is 0.538. The first kappa shape index (κ1) is 27.1. The zero-order chi connectivity index (χ0) is 23.0. The number of rotatable bonds is 19. The summed E-state index contributed by atoms with van der Waals surface area (Å²) in [4.78, 5) is 36.8. The Morgan fingerprint density at radius 3 is 2.03 bits per heavy atom. The average Bonchev–Trinajstić information content (AvgIpc) is 3.46. The van der Waals surface area contributed by atoms with Crippen molar-refractivity contribution in [3.63, 3.8) is 0 Å². The van der Waals surface area contributed by atoms with Crippen LogP contribution in [0.25, 0.3) is 0 Å². The fourth-order valence-corrected chi connectivity index (χ4v) is 5.52. The summed E-state index contributed by atoms with van der Waals surface area (Å²) in [5.41, 5.74) is 0. The topological polar surface area (TPSA) is 71.4 Å². The van der Waals surface area contributed by atoms with Crippen LogP contribution in [0.5, 0.6) is 0 Å². The van der Waals surface area contributed by atoms with Crippen LogP contribution in [0.2, 0.25) is 0 Å². The highest BCUT2D eigenvalue weighted by Gasteiger charge is 2.24. The van der Waals surface area contributed by atoms with Crippen LogP contribution in [0.3, 0.4) is 0 Å².